The Morgan fingerprint density at radius 1 is 1.00 bits per heavy atom. The molecule has 3 atom stereocenters. The number of fused-ring (bicyclic) bond motifs is 1. The van der Waals surface area contributed by atoms with Gasteiger partial charge in [0, 0.05) is 22.1 Å². The van der Waals surface area contributed by atoms with Crippen molar-refractivity contribution in [2.45, 2.75) is 25.4 Å². The number of aryl methyl sites for hydroxylation is 1. The smallest absolute Gasteiger partial charge is 0.360 e. The molecule has 3 N–H and O–H groups in total. The van der Waals surface area contributed by atoms with Gasteiger partial charge in [-0.05, 0) is 61.0 Å². The second-order valence-electron chi connectivity index (χ2n) is 9.03. The minimum Gasteiger partial charge on any atom is -0.497 e. The molecule has 10 nitrogen and oxygen atoms in total. The number of benzene rings is 3. The van der Waals surface area contributed by atoms with Gasteiger partial charge in [0.05, 0.1) is 20.8 Å². The lowest BCUT2D eigenvalue weighted by Gasteiger charge is -2.18. The standard InChI is InChI=1S/C29H27NO9/c1-15-23(38-29-25(32)22(31)14-37-29)9-7-17-13-21(28(34)39-26(15)17)30-27(33)18-8-10-24(36-3)20(12-18)16-5-4-6-19(11-16)35-2/h4-13,22,25,29,31-32H,14H2,1-3H3,(H,30,33)/t22-,25-,29+/m1/s1. The van der Waals surface area contributed by atoms with Gasteiger partial charge in [0.2, 0.25) is 6.29 Å². The van der Waals surface area contributed by atoms with Crippen molar-refractivity contribution in [1.29, 1.82) is 0 Å². The van der Waals surface area contributed by atoms with Crippen molar-refractivity contribution in [3.8, 4) is 28.4 Å². The molecule has 0 spiro atoms. The molecule has 4 aromatic rings. The van der Waals surface area contributed by atoms with Crippen molar-refractivity contribution in [3.05, 3.63) is 82.2 Å². The van der Waals surface area contributed by atoms with Crippen LogP contribution in [-0.2, 0) is 4.74 Å². The SMILES string of the molecule is COc1cccc(-c2cc(C(=O)Nc3cc4ccc(O[C@@H]5OC[C@@H](O)[C@H]5O)c(C)c4oc3=O)ccc2OC)c1. The van der Waals surface area contributed by atoms with Gasteiger partial charge in [-0.1, -0.05) is 12.1 Å². The van der Waals surface area contributed by atoms with Crippen molar-refractivity contribution in [1.82, 2.24) is 0 Å². The van der Waals surface area contributed by atoms with Crippen molar-refractivity contribution in [2.75, 3.05) is 26.1 Å². The first-order valence-electron chi connectivity index (χ1n) is 12.1. The van der Waals surface area contributed by atoms with E-state index in [1.807, 2.05) is 24.3 Å². The van der Waals surface area contributed by atoms with Crippen LogP contribution in [0.5, 0.6) is 17.2 Å². The molecule has 10 heteroatoms. The molecule has 3 aromatic carbocycles. The van der Waals surface area contributed by atoms with Crippen LogP contribution in [0.15, 0.2) is 69.9 Å². The predicted molar refractivity (Wildman–Crippen MR) is 143 cm³/mol. The van der Waals surface area contributed by atoms with Crippen LogP contribution in [0.3, 0.4) is 0 Å². The summed E-state index contributed by atoms with van der Waals surface area (Å²) in [6.07, 6.45) is -3.29. The van der Waals surface area contributed by atoms with Gasteiger partial charge in [-0.25, -0.2) is 4.79 Å². The molecule has 1 aliphatic heterocycles. The molecule has 1 saturated heterocycles. The van der Waals surface area contributed by atoms with Crippen LogP contribution < -0.4 is 25.2 Å². The van der Waals surface area contributed by atoms with Crippen molar-refractivity contribution in [3.63, 3.8) is 0 Å². The average molecular weight is 534 g/mol. The van der Waals surface area contributed by atoms with Crippen LogP contribution >= 0.6 is 0 Å². The number of anilines is 1. The summed E-state index contributed by atoms with van der Waals surface area (Å²) in [6.45, 7) is 1.64. The Morgan fingerprint density at radius 3 is 2.51 bits per heavy atom. The summed E-state index contributed by atoms with van der Waals surface area (Å²) < 4.78 is 27.3. The number of ether oxygens (including phenoxy) is 4. The number of methoxy groups -OCH3 is 2. The number of aliphatic hydroxyl groups is 2. The molecule has 5 rings (SSSR count). The summed E-state index contributed by atoms with van der Waals surface area (Å²) >= 11 is 0. The Balaban J connectivity index is 1.41. The second-order valence-corrected chi connectivity index (χ2v) is 9.03. The van der Waals surface area contributed by atoms with E-state index in [4.69, 9.17) is 23.4 Å². The van der Waals surface area contributed by atoms with Crippen LogP contribution in [0.4, 0.5) is 5.69 Å². The summed E-state index contributed by atoms with van der Waals surface area (Å²) in [7, 11) is 3.12. The highest BCUT2D eigenvalue weighted by atomic mass is 16.7. The molecule has 1 aromatic heterocycles. The molecule has 0 aliphatic carbocycles. The van der Waals surface area contributed by atoms with Crippen molar-refractivity contribution >= 4 is 22.6 Å². The van der Waals surface area contributed by atoms with Gasteiger partial charge in [0.1, 0.15) is 40.7 Å². The van der Waals surface area contributed by atoms with Gasteiger partial charge in [-0.2, -0.15) is 0 Å². The maximum absolute atomic E-state index is 13.1. The van der Waals surface area contributed by atoms with Crippen LogP contribution in [0.2, 0.25) is 0 Å². The van der Waals surface area contributed by atoms with E-state index in [9.17, 15) is 19.8 Å². The first-order valence-corrected chi connectivity index (χ1v) is 12.1. The molecule has 0 unspecified atom stereocenters. The van der Waals surface area contributed by atoms with E-state index < -0.39 is 30.0 Å². The molecular weight excluding hydrogens is 506 g/mol. The fourth-order valence-corrected chi connectivity index (χ4v) is 4.38. The summed E-state index contributed by atoms with van der Waals surface area (Å²) in [5.74, 6) is 1.05. The quantitative estimate of drug-likeness (QED) is 0.305. The van der Waals surface area contributed by atoms with Gasteiger partial charge < -0.3 is 38.9 Å². The van der Waals surface area contributed by atoms with Crippen LogP contribution in [0, 0.1) is 6.92 Å². The molecule has 2 heterocycles. The highest BCUT2D eigenvalue weighted by Gasteiger charge is 2.36. The number of rotatable bonds is 7. The van der Waals surface area contributed by atoms with Gasteiger partial charge in [0.25, 0.3) is 5.91 Å². The van der Waals surface area contributed by atoms with E-state index in [-0.39, 0.29) is 17.9 Å². The Kier molecular flexibility index (Phi) is 7.25. The van der Waals surface area contributed by atoms with E-state index in [1.165, 1.54) is 6.07 Å². The Labute approximate surface area is 223 Å². The molecule has 0 bridgehead atoms. The van der Waals surface area contributed by atoms with Gasteiger partial charge >= 0.3 is 5.63 Å². The van der Waals surface area contributed by atoms with E-state index in [0.717, 1.165) is 5.56 Å². The minimum absolute atomic E-state index is 0.0306. The number of aliphatic hydroxyl groups excluding tert-OH is 2. The fraction of sp³-hybridized carbons (Fsp3) is 0.241. The third kappa shape index (κ3) is 5.17. The summed E-state index contributed by atoms with van der Waals surface area (Å²) in [6, 6.07) is 17.1. The number of hydrogen-bond donors (Lipinski definition) is 3. The number of carbonyl (C=O) groups is 1. The topological polar surface area (TPSA) is 137 Å². The molecule has 39 heavy (non-hydrogen) atoms. The lowest BCUT2D eigenvalue weighted by atomic mass is 10.0. The van der Waals surface area contributed by atoms with E-state index in [2.05, 4.69) is 5.32 Å². The molecule has 1 aliphatic rings. The fourth-order valence-electron chi connectivity index (χ4n) is 4.38. The summed E-state index contributed by atoms with van der Waals surface area (Å²) in [4.78, 5) is 26.0. The number of hydrogen-bond acceptors (Lipinski definition) is 9. The van der Waals surface area contributed by atoms with Gasteiger partial charge in [-0.3, -0.25) is 4.79 Å². The third-order valence-corrected chi connectivity index (χ3v) is 6.54. The summed E-state index contributed by atoms with van der Waals surface area (Å²) in [5.41, 5.74) is 1.77. The molecule has 1 amide bonds. The van der Waals surface area contributed by atoms with Crippen LogP contribution in [0.1, 0.15) is 15.9 Å². The molecule has 0 radical (unpaired) electrons. The summed E-state index contributed by atoms with van der Waals surface area (Å²) in [5, 5.41) is 22.8. The minimum atomic E-state index is -1.20. The second kappa shape index (κ2) is 10.8. The van der Waals surface area contributed by atoms with E-state index >= 15 is 0 Å². The number of carbonyl (C=O) groups excluding carboxylic acids is 1. The first-order chi connectivity index (χ1) is 18.8. The lowest BCUT2D eigenvalue weighted by molar-refractivity contribution is -0.0937. The zero-order valence-corrected chi connectivity index (χ0v) is 21.5. The zero-order chi connectivity index (χ0) is 27.7. The maximum atomic E-state index is 13.1. The number of nitrogens with one attached hydrogen (secondary N) is 1. The Bertz CT molecular complexity index is 1600. The van der Waals surface area contributed by atoms with Gasteiger partial charge in [0.15, 0.2) is 0 Å². The maximum Gasteiger partial charge on any atom is 0.360 e. The van der Waals surface area contributed by atoms with E-state index in [0.29, 0.717) is 39.3 Å². The highest BCUT2D eigenvalue weighted by molar-refractivity contribution is 6.05. The highest BCUT2D eigenvalue weighted by Crippen LogP contribution is 2.34. The zero-order valence-electron chi connectivity index (χ0n) is 21.5. The first kappa shape index (κ1) is 26.2. The van der Waals surface area contributed by atoms with Crippen LogP contribution in [-0.4, -0.2) is 55.4 Å². The normalized spacial score (nSPS) is 18.6. The third-order valence-electron chi connectivity index (χ3n) is 6.54. The Hall–Kier alpha value is -4.38. The average Bonchev–Trinajstić information content (AvgIpc) is 3.27. The van der Waals surface area contributed by atoms with Crippen molar-refractivity contribution < 1.29 is 38.4 Å². The lowest BCUT2D eigenvalue weighted by Crippen LogP contribution is -2.33. The number of amides is 1. The Morgan fingerprint density at radius 2 is 1.79 bits per heavy atom. The van der Waals surface area contributed by atoms with E-state index in [1.54, 1.807) is 51.5 Å². The molecule has 1 fully saturated rings. The monoisotopic (exact) mass is 533 g/mol. The van der Waals surface area contributed by atoms with Crippen LogP contribution in [0.25, 0.3) is 22.1 Å². The molecule has 0 saturated carbocycles. The largest absolute Gasteiger partial charge is 0.497 e. The van der Waals surface area contributed by atoms with Crippen molar-refractivity contribution in [2.24, 2.45) is 0 Å². The van der Waals surface area contributed by atoms with Gasteiger partial charge in [-0.15, -0.1) is 0 Å². The predicted octanol–water partition coefficient (Wildman–Crippen LogP) is 3.49. The molecular formula is C29H27NO9. The molecule has 202 valence electrons.